The standard InChI is InChI=1S/C11H11BrN4OS/c1-7(18-11-13-14-15-16(11)2)10(17)8-3-5-9(12)6-4-8/h3-7H,1-2H3. The molecule has 2 aromatic rings. The quantitative estimate of drug-likeness (QED) is 0.637. The van der Waals surface area contributed by atoms with Gasteiger partial charge in [0.05, 0.1) is 5.25 Å². The van der Waals surface area contributed by atoms with E-state index in [1.54, 1.807) is 23.9 Å². The maximum atomic E-state index is 12.2. The first-order valence-corrected chi connectivity index (χ1v) is 6.94. The number of benzene rings is 1. The average molecular weight is 327 g/mol. The van der Waals surface area contributed by atoms with Gasteiger partial charge in [-0.05, 0) is 29.5 Å². The Hall–Kier alpha value is -1.21. The third-order valence-electron chi connectivity index (χ3n) is 2.36. The van der Waals surface area contributed by atoms with Crippen LogP contribution in [0.4, 0.5) is 0 Å². The van der Waals surface area contributed by atoms with Crippen molar-refractivity contribution in [2.75, 3.05) is 0 Å². The largest absolute Gasteiger partial charge is 0.293 e. The van der Waals surface area contributed by atoms with E-state index < -0.39 is 0 Å². The number of tetrazole rings is 1. The van der Waals surface area contributed by atoms with Gasteiger partial charge < -0.3 is 0 Å². The van der Waals surface area contributed by atoms with E-state index in [0.717, 1.165) is 4.47 Å². The van der Waals surface area contributed by atoms with Crippen molar-refractivity contribution in [3.63, 3.8) is 0 Å². The minimum atomic E-state index is -0.226. The van der Waals surface area contributed by atoms with Crippen LogP contribution in [0.25, 0.3) is 0 Å². The maximum absolute atomic E-state index is 12.2. The maximum Gasteiger partial charge on any atom is 0.209 e. The van der Waals surface area contributed by atoms with E-state index >= 15 is 0 Å². The first-order valence-electron chi connectivity index (χ1n) is 5.26. The predicted molar refractivity (Wildman–Crippen MR) is 72.6 cm³/mol. The molecule has 0 aliphatic heterocycles. The molecule has 5 nitrogen and oxygen atoms in total. The summed E-state index contributed by atoms with van der Waals surface area (Å²) >= 11 is 4.69. The second-order valence-corrected chi connectivity index (χ2v) is 5.94. The van der Waals surface area contributed by atoms with Crippen LogP contribution >= 0.6 is 27.7 Å². The first-order chi connectivity index (χ1) is 8.58. The second-order valence-electron chi connectivity index (χ2n) is 3.72. The highest BCUT2D eigenvalue weighted by Crippen LogP contribution is 2.23. The number of hydrogen-bond donors (Lipinski definition) is 0. The normalized spacial score (nSPS) is 12.4. The van der Waals surface area contributed by atoms with Crippen LogP contribution in [-0.4, -0.2) is 31.2 Å². The molecule has 0 fully saturated rings. The Morgan fingerprint density at radius 3 is 2.61 bits per heavy atom. The zero-order valence-electron chi connectivity index (χ0n) is 9.87. The number of aromatic nitrogens is 4. The van der Waals surface area contributed by atoms with Crippen molar-refractivity contribution in [1.29, 1.82) is 0 Å². The fourth-order valence-corrected chi connectivity index (χ4v) is 2.48. The van der Waals surface area contributed by atoms with E-state index in [0.29, 0.717) is 10.7 Å². The molecule has 0 N–H and O–H groups in total. The molecule has 1 atom stereocenters. The molecule has 0 bridgehead atoms. The number of ketones is 1. The number of carbonyl (C=O) groups excluding carboxylic acids is 1. The fourth-order valence-electron chi connectivity index (χ4n) is 1.38. The minimum Gasteiger partial charge on any atom is -0.293 e. The van der Waals surface area contributed by atoms with Crippen molar-refractivity contribution in [2.24, 2.45) is 7.05 Å². The van der Waals surface area contributed by atoms with Crippen LogP contribution in [0, 0.1) is 0 Å². The highest BCUT2D eigenvalue weighted by Gasteiger charge is 2.18. The number of nitrogens with zero attached hydrogens (tertiary/aromatic N) is 4. The van der Waals surface area contributed by atoms with Gasteiger partial charge in [-0.3, -0.25) is 4.79 Å². The molecule has 1 aromatic heterocycles. The number of hydrogen-bond acceptors (Lipinski definition) is 5. The summed E-state index contributed by atoms with van der Waals surface area (Å²) in [5, 5.41) is 11.5. The lowest BCUT2D eigenvalue weighted by Crippen LogP contribution is -2.14. The molecule has 0 spiro atoms. The molecule has 94 valence electrons. The highest BCUT2D eigenvalue weighted by atomic mass is 79.9. The third kappa shape index (κ3) is 2.97. The van der Waals surface area contributed by atoms with Crippen molar-refractivity contribution in [3.05, 3.63) is 34.3 Å². The Morgan fingerprint density at radius 1 is 1.39 bits per heavy atom. The van der Waals surface area contributed by atoms with Gasteiger partial charge in [-0.2, -0.15) is 0 Å². The summed E-state index contributed by atoms with van der Waals surface area (Å²) in [7, 11) is 1.75. The Kier molecular flexibility index (Phi) is 4.13. The van der Waals surface area contributed by atoms with Gasteiger partial charge in [0.2, 0.25) is 5.16 Å². The Labute approximate surface area is 117 Å². The van der Waals surface area contributed by atoms with Crippen LogP contribution < -0.4 is 0 Å². The number of carbonyl (C=O) groups is 1. The Balaban J connectivity index is 2.09. The van der Waals surface area contributed by atoms with E-state index in [1.807, 2.05) is 19.1 Å². The van der Waals surface area contributed by atoms with Crippen LogP contribution in [0.3, 0.4) is 0 Å². The summed E-state index contributed by atoms with van der Waals surface area (Å²) in [6.45, 7) is 1.85. The van der Waals surface area contributed by atoms with Gasteiger partial charge in [0, 0.05) is 17.1 Å². The molecule has 1 heterocycles. The molecular weight excluding hydrogens is 316 g/mol. The molecule has 0 radical (unpaired) electrons. The summed E-state index contributed by atoms with van der Waals surface area (Å²) in [6, 6.07) is 7.32. The van der Waals surface area contributed by atoms with E-state index in [1.165, 1.54) is 11.8 Å². The third-order valence-corrected chi connectivity index (χ3v) is 4.01. The molecule has 1 aromatic carbocycles. The Morgan fingerprint density at radius 2 is 2.06 bits per heavy atom. The molecule has 18 heavy (non-hydrogen) atoms. The van der Waals surface area contributed by atoms with Crippen molar-refractivity contribution < 1.29 is 4.79 Å². The lowest BCUT2D eigenvalue weighted by Gasteiger charge is -2.08. The summed E-state index contributed by atoms with van der Waals surface area (Å²) in [5.74, 6) is 0.0653. The molecule has 0 amide bonds. The summed E-state index contributed by atoms with van der Waals surface area (Å²) in [6.07, 6.45) is 0. The van der Waals surface area contributed by atoms with Gasteiger partial charge >= 0.3 is 0 Å². The van der Waals surface area contributed by atoms with Crippen molar-refractivity contribution in [2.45, 2.75) is 17.3 Å². The van der Waals surface area contributed by atoms with Gasteiger partial charge in [-0.15, -0.1) is 5.10 Å². The fraction of sp³-hybridized carbons (Fsp3) is 0.273. The van der Waals surface area contributed by atoms with Crippen molar-refractivity contribution >= 4 is 33.5 Å². The van der Waals surface area contributed by atoms with Gasteiger partial charge in [-0.1, -0.05) is 39.8 Å². The minimum absolute atomic E-state index is 0.0653. The van der Waals surface area contributed by atoms with Crippen molar-refractivity contribution in [3.8, 4) is 0 Å². The summed E-state index contributed by atoms with van der Waals surface area (Å²) in [5.41, 5.74) is 0.688. The van der Waals surface area contributed by atoms with E-state index in [-0.39, 0.29) is 11.0 Å². The average Bonchev–Trinajstić information content (AvgIpc) is 2.75. The molecular formula is C11H11BrN4OS. The molecule has 2 rings (SSSR count). The Bertz CT molecular complexity index is 554. The van der Waals surface area contributed by atoms with Gasteiger partial charge in [0.25, 0.3) is 0 Å². The zero-order chi connectivity index (χ0) is 13.1. The summed E-state index contributed by atoms with van der Waals surface area (Å²) in [4.78, 5) is 12.2. The molecule has 7 heteroatoms. The highest BCUT2D eigenvalue weighted by molar-refractivity contribution is 9.10. The van der Waals surface area contributed by atoms with Crippen LogP contribution in [0.5, 0.6) is 0 Å². The van der Waals surface area contributed by atoms with Gasteiger partial charge in [-0.25, -0.2) is 4.68 Å². The topological polar surface area (TPSA) is 60.7 Å². The summed E-state index contributed by atoms with van der Waals surface area (Å²) < 4.78 is 2.51. The van der Waals surface area contributed by atoms with Gasteiger partial charge in [0.15, 0.2) is 5.78 Å². The smallest absolute Gasteiger partial charge is 0.209 e. The molecule has 1 unspecified atom stereocenters. The molecule has 0 saturated heterocycles. The lowest BCUT2D eigenvalue weighted by atomic mass is 10.1. The van der Waals surface area contributed by atoms with Gasteiger partial charge in [0.1, 0.15) is 0 Å². The second kappa shape index (κ2) is 5.62. The van der Waals surface area contributed by atoms with Crippen LogP contribution in [-0.2, 0) is 7.05 Å². The molecule has 0 aliphatic rings. The predicted octanol–water partition coefficient (Wildman–Crippen LogP) is 2.34. The lowest BCUT2D eigenvalue weighted by molar-refractivity contribution is 0.0994. The SMILES string of the molecule is CC(Sc1nnnn1C)C(=O)c1ccc(Br)cc1. The molecule has 0 aliphatic carbocycles. The number of Topliss-reactive ketones (excluding diaryl/α,β-unsaturated/α-hetero) is 1. The van der Waals surface area contributed by atoms with Crippen LogP contribution in [0.15, 0.2) is 33.9 Å². The molecule has 0 saturated carbocycles. The zero-order valence-corrected chi connectivity index (χ0v) is 12.3. The van der Waals surface area contributed by atoms with Crippen LogP contribution in [0.1, 0.15) is 17.3 Å². The number of thioether (sulfide) groups is 1. The monoisotopic (exact) mass is 326 g/mol. The number of aryl methyl sites for hydroxylation is 1. The van der Waals surface area contributed by atoms with Crippen molar-refractivity contribution in [1.82, 2.24) is 20.2 Å². The van der Waals surface area contributed by atoms with E-state index in [4.69, 9.17) is 0 Å². The number of rotatable bonds is 4. The van der Waals surface area contributed by atoms with E-state index in [9.17, 15) is 4.79 Å². The number of halogens is 1. The first kappa shape index (κ1) is 13.2. The van der Waals surface area contributed by atoms with E-state index in [2.05, 4.69) is 31.5 Å². The van der Waals surface area contributed by atoms with Crippen LogP contribution in [0.2, 0.25) is 0 Å².